The topological polar surface area (TPSA) is 66.5 Å². The molecule has 0 aromatic heterocycles. The predicted molar refractivity (Wildman–Crippen MR) is 87.3 cm³/mol. The smallest absolute Gasteiger partial charge is 0.253 e. The molecule has 0 fully saturated rings. The number of sulfonamides is 1. The standard InChI is InChI=1S/C16H18N2O3S/c1-17-16(19)14-10-6-7-11-15(14)18(22(2,20)21)12-13-8-4-3-5-9-13/h3-11H,12H2,1-2H3,(H,17,19). The van der Waals surface area contributed by atoms with Gasteiger partial charge in [0, 0.05) is 7.05 Å². The van der Waals surface area contributed by atoms with Crippen LogP contribution in [-0.2, 0) is 16.6 Å². The molecule has 0 heterocycles. The third kappa shape index (κ3) is 3.65. The molecule has 1 amide bonds. The average molecular weight is 318 g/mol. The summed E-state index contributed by atoms with van der Waals surface area (Å²) in [4.78, 5) is 12.0. The number of amides is 1. The molecule has 0 unspecified atom stereocenters. The van der Waals surface area contributed by atoms with Crippen LogP contribution in [-0.4, -0.2) is 27.6 Å². The molecule has 0 saturated heterocycles. The Morgan fingerprint density at radius 1 is 1.05 bits per heavy atom. The van der Waals surface area contributed by atoms with Gasteiger partial charge in [0.15, 0.2) is 0 Å². The second-order valence-corrected chi connectivity index (χ2v) is 6.76. The molecule has 6 heteroatoms. The van der Waals surface area contributed by atoms with E-state index in [-0.39, 0.29) is 12.5 Å². The van der Waals surface area contributed by atoms with Crippen molar-refractivity contribution >= 4 is 21.6 Å². The van der Waals surface area contributed by atoms with Gasteiger partial charge in [0.2, 0.25) is 10.0 Å². The highest BCUT2D eigenvalue weighted by Crippen LogP contribution is 2.25. The summed E-state index contributed by atoms with van der Waals surface area (Å²) in [7, 11) is -2.01. The first-order valence-corrected chi connectivity index (χ1v) is 8.61. The number of benzene rings is 2. The molecule has 2 aromatic rings. The summed E-state index contributed by atoms with van der Waals surface area (Å²) in [5, 5.41) is 2.53. The van der Waals surface area contributed by atoms with Crippen LogP contribution in [0.25, 0.3) is 0 Å². The van der Waals surface area contributed by atoms with E-state index >= 15 is 0 Å². The molecule has 22 heavy (non-hydrogen) atoms. The SMILES string of the molecule is CNC(=O)c1ccccc1N(Cc1ccccc1)S(C)(=O)=O. The van der Waals surface area contributed by atoms with Crippen molar-refractivity contribution in [1.29, 1.82) is 0 Å². The normalized spacial score (nSPS) is 11.0. The van der Waals surface area contributed by atoms with E-state index in [1.807, 2.05) is 30.3 Å². The molecular weight excluding hydrogens is 300 g/mol. The number of anilines is 1. The number of carbonyl (C=O) groups is 1. The summed E-state index contributed by atoms with van der Waals surface area (Å²) >= 11 is 0. The fraction of sp³-hybridized carbons (Fsp3) is 0.188. The van der Waals surface area contributed by atoms with Crippen molar-refractivity contribution in [3.05, 3.63) is 65.7 Å². The van der Waals surface area contributed by atoms with Gasteiger partial charge < -0.3 is 5.32 Å². The molecule has 0 aliphatic heterocycles. The second kappa shape index (κ2) is 6.62. The lowest BCUT2D eigenvalue weighted by molar-refractivity contribution is 0.0963. The van der Waals surface area contributed by atoms with Crippen molar-refractivity contribution in [3.63, 3.8) is 0 Å². The number of hydrogen-bond acceptors (Lipinski definition) is 3. The molecule has 2 aromatic carbocycles. The van der Waals surface area contributed by atoms with Crippen molar-refractivity contribution in [2.45, 2.75) is 6.54 Å². The van der Waals surface area contributed by atoms with Crippen LogP contribution in [0.1, 0.15) is 15.9 Å². The maximum Gasteiger partial charge on any atom is 0.253 e. The maximum atomic E-state index is 12.2. The third-order valence-corrected chi connectivity index (χ3v) is 4.34. The Bertz CT molecular complexity index is 758. The molecule has 1 N–H and O–H groups in total. The van der Waals surface area contributed by atoms with Gasteiger partial charge in [0.1, 0.15) is 0 Å². The molecule has 0 radical (unpaired) electrons. The summed E-state index contributed by atoms with van der Waals surface area (Å²) in [5.74, 6) is -0.322. The van der Waals surface area contributed by atoms with Crippen LogP contribution in [0.3, 0.4) is 0 Å². The van der Waals surface area contributed by atoms with Crippen LogP contribution in [0.5, 0.6) is 0 Å². The number of nitrogens with one attached hydrogen (secondary N) is 1. The Morgan fingerprint density at radius 3 is 2.23 bits per heavy atom. The van der Waals surface area contributed by atoms with Crippen LogP contribution in [0.15, 0.2) is 54.6 Å². The van der Waals surface area contributed by atoms with Crippen LogP contribution < -0.4 is 9.62 Å². The Labute approximate surface area is 130 Å². The van der Waals surface area contributed by atoms with E-state index in [4.69, 9.17) is 0 Å². The van der Waals surface area contributed by atoms with E-state index in [2.05, 4.69) is 5.32 Å². The zero-order valence-corrected chi connectivity index (χ0v) is 13.3. The van der Waals surface area contributed by atoms with E-state index in [0.717, 1.165) is 11.8 Å². The highest BCUT2D eigenvalue weighted by Gasteiger charge is 2.22. The van der Waals surface area contributed by atoms with Crippen molar-refractivity contribution in [1.82, 2.24) is 5.32 Å². The Hall–Kier alpha value is -2.34. The van der Waals surface area contributed by atoms with Crippen LogP contribution in [0, 0.1) is 0 Å². The molecule has 0 aliphatic rings. The van der Waals surface area contributed by atoms with Gasteiger partial charge in [-0.1, -0.05) is 42.5 Å². The van der Waals surface area contributed by atoms with Gasteiger partial charge in [-0.2, -0.15) is 0 Å². The maximum absolute atomic E-state index is 12.2. The lowest BCUT2D eigenvalue weighted by Gasteiger charge is -2.24. The van der Waals surface area contributed by atoms with Gasteiger partial charge in [-0.3, -0.25) is 9.10 Å². The van der Waals surface area contributed by atoms with Gasteiger partial charge in [-0.15, -0.1) is 0 Å². The highest BCUT2D eigenvalue weighted by atomic mass is 32.2. The first-order valence-electron chi connectivity index (χ1n) is 6.76. The number of hydrogen-bond donors (Lipinski definition) is 1. The number of carbonyl (C=O) groups excluding carboxylic acids is 1. The number of para-hydroxylation sites is 1. The van der Waals surface area contributed by atoms with Gasteiger partial charge in [-0.05, 0) is 17.7 Å². The number of nitrogens with zero attached hydrogens (tertiary/aromatic N) is 1. The minimum Gasteiger partial charge on any atom is -0.355 e. The van der Waals surface area contributed by atoms with E-state index in [9.17, 15) is 13.2 Å². The Balaban J connectivity index is 2.50. The van der Waals surface area contributed by atoms with Crippen LogP contribution in [0.2, 0.25) is 0 Å². The first-order chi connectivity index (χ1) is 10.4. The van der Waals surface area contributed by atoms with Gasteiger partial charge in [0.05, 0.1) is 24.1 Å². The fourth-order valence-electron chi connectivity index (χ4n) is 2.15. The monoisotopic (exact) mass is 318 g/mol. The molecule has 116 valence electrons. The first kappa shape index (κ1) is 16.0. The molecule has 0 bridgehead atoms. The van der Waals surface area contributed by atoms with E-state index in [0.29, 0.717) is 11.3 Å². The summed E-state index contributed by atoms with van der Waals surface area (Å²) in [6, 6.07) is 15.9. The summed E-state index contributed by atoms with van der Waals surface area (Å²) in [6.45, 7) is 0.174. The van der Waals surface area contributed by atoms with E-state index in [1.54, 1.807) is 24.3 Å². The van der Waals surface area contributed by atoms with Gasteiger partial charge in [0.25, 0.3) is 5.91 Å². The van der Waals surface area contributed by atoms with Crippen LogP contribution in [0.4, 0.5) is 5.69 Å². The minimum absolute atomic E-state index is 0.174. The summed E-state index contributed by atoms with van der Waals surface area (Å²) in [6.07, 6.45) is 1.14. The van der Waals surface area contributed by atoms with Gasteiger partial charge >= 0.3 is 0 Å². The fourth-order valence-corrected chi connectivity index (χ4v) is 3.05. The van der Waals surface area contributed by atoms with Gasteiger partial charge in [-0.25, -0.2) is 8.42 Å². The summed E-state index contributed by atoms with van der Waals surface area (Å²) in [5.41, 5.74) is 1.54. The zero-order valence-electron chi connectivity index (χ0n) is 12.5. The van der Waals surface area contributed by atoms with Crippen LogP contribution >= 0.6 is 0 Å². The predicted octanol–water partition coefficient (Wildman–Crippen LogP) is 2.01. The largest absolute Gasteiger partial charge is 0.355 e. The molecule has 0 saturated carbocycles. The molecule has 5 nitrogen and oxygen atoms in total. The lowest BCUT2D eigenvalue weighted by atomic mass is 10.1. The quantitative estimate of drug-likeness (QED) is 0.917. The van der Waals surface area contributed by atoms with Crippen molar-refractivity contribution < 1.29 is 13.2 Å². The van der Waals surface area contributed by atoms with Crippen molar-refractivity contribution in [3.8, 4) is 0 Å². The second-order valence-electron chi connectivity index (χ2n) is 4.85. The zero-order chi connectivity index (χ0) is 16.2. The van der Waals surface area contributed by atoms with Crippen molar-refractivity contribution in [2.75, 3.05) is 17.6 Å². The van der Waals surface area contributed by atoms with E-state index in [1.165, 1.54) is 11.4 Å². The summed E-state index contributed by atoms with van der Waals surface area (Å²) < 4.78 is 25.6. The molecular formula is C16H18N2O3S. The average Bonchev–Trinajstić information content (AvgIpc) is 2.52. The van der Waals surface area contributed by atoms with E-state index < -0.39 is 10.0 Å². The molecule has 0 atom stereocenters. The lowest BCUT2D eigenvalue weighted by Crippen LogP contribution is -2.32. The molecule has 0 aliphatic carbocycles. The van der Waals surface area contributed by atoms with Crippen molar-refractivity contribution in [2.24, 2.45) is 0 Å². The molecule has 2 rings (SSSR count). The minimum atomic E-state index is -3.53. The third-order valence-electron chi connectivity index (χ3n) is 3.21. The Kier molecular flexibility index (Phi) is 4.82. The Morgan fingerprint density at radius 2 is 1.64 bits per heavy atom. The molecule has 0 spiro atoms. The highest BCUT2D eigenvalue weighted by molar-refractivity contribution is 7.92. The number of rotatable bonds is 5.